The van der Waals surface area contributed by atoms with Gasteiger partial charge >= 0.3 is 0 Å². The molecule has 1 heterocycles. The molecule has 0 fully saturated rings. The normalized spacial score (nSPS) is 18.5. The molecule has 1 aliphatic rings. The molecular formula is C20H25FN2O2S. The van der Waals surface area contributed by atoms with E-state index in [4.69, 9.17) is 0 Å². The summed E-state index contributed by atoms with van der Waals surface area (Å²) in [4.78, 5) is -1.09. The summed E-state index contributed by atoms with van der Waals surface area (Å²) in [6.07, 6.45) is 0.662. The lowest BCUT2D eigenvalue weighted by Gasteiger charge is -2.41. The van der Waals surface area contributed by atoms with E-state index in [-0.39, 0.29) is 5.82 Å². The number of sulfonamides is 1. The summed E-state index contributed by atoms with van der Waals surface area (Å²) in [5.74, 6) is -0.333. The molecule has 6 heteroatoms. The van der Waals surface area contributed by atoms with Gasteiger partial charge in [-0.1, -0.05) is 43.3 Å². The van der Waals surface area contributed by atoms with Crippen LogP contribution in [0.5, 0.6) is 0 Å². The summed E-state index contributed by atoms with van der Waals surface area (Å²) >= 11 is 0. The molecule has 0 bridgehead atoms. The van der Waals surface area contributed by atoms with E-state index in [2.05, 4.69) is 5.32 Å². The highest BCUT2D eigenvalue weighted by Gasteiger charge is 2.44. The van der Waals surface area contributed by atoms with Gasteiger partial charge in [-0.3, -0.25) is 5.32 Å². The molecule has 1 aliphatic heterocycles. The van der Waals surface area contributed by atoms with Crippen LogP contribution in [0.25, 0.3) is 0 Å². The number of fused-ring (bicyclic) bond motifs is 1. The van der Waals surface area contributed by atoms with E-state index in [0.717, 1.165) is 16.7 Å². The van der Waals surface area contributed by atoms with Crippen molar-refractivity contribution >= 4 is 10.0 Å². The summed E-state index contributed by atoms with van der Waals surface area (Å²) in [7, 11) is -3.65. The van der Waals surface area contributed by atoms with E-state index in [1.54, 1.807) is 30.3 Å². The van der Waals surface area contributed by atoms with Gasteiger partial charge in [-0.05, 0) is 55.6 Å². The second-order valence-electron chi connectivity index (χ2n) is 7.06. The lowest BCUT2D eigenvalue weighted by Crippen LogP contribution is -2.55. The smallest absolute Gasteiger partial charge is 0.233 e. The predicted octanol–water partition coefficient (Wildman–Crippen LogP) is 3.45. The first-order valence-electron chi connectivity index (χ1n) is 8.87. The highest BCUT2D eigenvalue weighted by molar-refractivity contribution is 7.90. The van der Waals surface area contributed by atoms with Gasteiger partial charge in [0, 0.05) is 6.54 Å². The highest BCUT2D eigenvalue weighted by Crippen LogP contribution is 2.39. The first kappa shape index (κ1) is 19.0. The number of nitrogens with one attached hydrogen (secondary N) is 1. The summed E-state index contributed by atoms with van der Waals surface area (Å²) in [5, 5.41) is 3.07. The van der Waals surface area contributed by atoms with Gasteiger partial charge in [0.2, 0.25) is 10.0 Å². The van der Waals surface area contributed by atoms with Crippen LogP contribution >= 0.6 is 0 Å². The van der Waals surface area contributed by atoms with Gasteiger partial charge in [-0.2, -0.15) is 4.31 Å². The van der Waals surface area contributed by atoms with E-state index >= 15 is 0 Å². The molecule has 0 radical (unpaired) electrons. The Hall–Kier alpha value is -1.76. The topological polar surface area (TPSA) is 49.4 Å². The fraction of sp³-hybridized carbons (Fsp3) is 0.400. The molecule has 1 N–H and O–H groups in total. The summed E-state index contributed by atoms with van der Waals surface area (Å²) in [6, 6.07) is 13.5. The molecular weight excluding hydrogens is 351 g/mol. The minimum atomic E-state index is -3.65. The van der Waals surface area contributed by atoms with Crippen molar-refractivity contribution in [2.75, 3.05) is 13.1 Å². The first-order chi connectivity index (χ1) is 12.3. The zero-order valence-corrected chi connectivity index (χ0v) is 16.2. The van der Waals surface area contributed by atoms with Crippen molar-refractivity contribution in [1.29, 1.82) is 0 Å². The van der Waals surface area contributed by atoms with Crippen molar-refractivity contribution in [3.8, 4) is 0 Å². The summed E-state index contributed by atoms with van der Waals surface area (Å²) < 4.78 is 41.9. The second kappa shape index (κ2) is 7.10. The minimum absolute atomic E-state index is 0.333. The molecule has 0 unspecified atom stereocenters. The molecule has 26 heavy (non-hydrogen) atoms. The Labute approximate surface area is 155 Å². The molecule has 4 nitrogen and oxygen atoms in total. The molecule has 2 aromatic carbocycles. The standard InChI is InChI=1S/C20H25FN2O2S/c1-4-22-20(2,3)26(24,25)23-14-13-15-7-5-6-8-18(15)19(23)16-9-11-17(21)12-10-16/h5-12,19,22H,4,13-14H2,1-3H3/t19-/m0/s1. The Morgan fingerprint density at radius 1 is 1.15 bits per heavy atom. The van der Waals surface area contributed by atoms with Crippen LogP contribution in [-0.2, 0) is 16.4 Å². The number of halogens is 1. The Morgan fingerprint density at radius 3 is 2.46 bits per heavy atom. The average molecular weight is 376 g/mol. The maximum absolute atomic E-state index is 13.4. The molecule has 0 saturated carbocycles. The molecule has 0 aliphatic carbocycles. The van der Waals surface area contributed by atoms with Crippen LogP contribution in [0.3, 0.4) is 0 Å². The minimum Gasteiger partial charge on any atom is -0.298 e. The van der Waals surface area contributed by atoms with Crippen molar-refractivity contribution in [1.82, 2.24) is 9.62 Å². The van der Waals surface area contributed by atoms with E-state index < -0.39 is 20.9 Å². The highest BCUT2D eigenvalue weighted by atomic mass is 32.2. The van der Waals surface area contributed by atoms with Gasteiger partial charge in [0.1, 0.15) is 10.7 Å². The maximum atomic E-state index is 13.4. The quantitative estimate of drug-likeness (QED) is 0.870. The molecule has 0 spiro atoms. The lowest BCUT2D eigenvalue weighted by molar-refractivity contribution is 0.322. The van der Waals surface area contributed by atoms with Gasteiger partial charge in [-0.25, -0.2) is 12.8 Å². The monoisotopic (exact) mass is 376 g/mol. The van der Waals surface area contributed by atoms with Crippen molar-refractivity contribution in [2.24, 2.45) is 0 Å². The zero-order valence-electron chi connectivity index (χ0n) is 15.4. The molecule has 1 atom stereocenters. The molecule has 0 aromatic heterocycles. The van der Waals surface area contributed by atoms with Crippen LogP contribution in [0.2, 0.25) is 0 Å². The van der Waals surface area contributed by atoms with E-state index in [1.165, 1.54) is 12.1 Å². The Morgan fingerprint density at radius 2 is 1.81 bits per heavy atom. The number of hydrogen-bond acceptors (Lipinski definition) is 3. The van der Waals surface area contributed by atoms with Gasteiger partial charge in [0.05, 0.1) is 6.04 Å². The Balaban J connectivity index is 2.14. The van der Waals surface area contributed by atoms with Crippen LogP contribution in [0.15, 0.2) is 48.5 Å². The summed E-state index contributed by atoms with van der Waals surface area (Å²) in [6.45, 7) is 6.22. The van der Waals surface area contributed by atoms with Gasteiger partial charge in [0.15, 0.2) is 0 Å². The van der Waals surface area contributed by atoms with Crippen LogP contribution in [0.4, 0.5) is 4.39 Å². The van der Waals surface area contributed by atoms with Crippen molar-refractivity contribution in [2.45, 2.75) is 38.1 Å². The number of nitrogens with zero attached hydrogens (tertiary/aromatic N) is 1. The van der Waals surface area contributed by atoms with Crippen LogP contribution in [-0.4, -0.2) is 30.7 Å². The maximum Gasteiger partial charge on any atom is 0.233 e. The molecule has 140 valence electrons. The lowest BCUT2D eigenvalue weighted by atomic mass is 9.90. The molecule has 0 amide bonds. The van der Waals surface area contributed by atoms with Crippen LogP contribution in [0.1, 0.15) is 43.5 Å². The second-order valence-corrected chi connectivity index (χ2v) is 9.50. The van der Waals surface area contributed by atoms with Crippen LogP contribution in [0, 0.1) is 5.82 Å². The fourth-order valence-corrected chi connectivity index (χ4v) is 5.36. The van der Waals surface area contributed by atoms with Gasteiger partial charge in [-0.15, -0.1) is 0 Å². The first-order valence-corrected chi connectivity index (χ1v) is 10.3. The average Bonchev–Trinajstić information content (AvgIpc) is 2.61. The van der Waals surface area contributed by atoms with Crippen molar-refractivity contribution < 1.29 is 12.8 Å². The molecule has 2 aromatic rings. The van der Waals surface area contributed by atoms with E-state index in [1.807, 2.05) is 31.2 Å². The van der Waals surface area contributed by atoms with Crippen LogP contribution < -0.4 is 5.32 Å². The predicted molar refractivity (Wildman–Crippen MR) is 102 cm³/mol. The Kier molecular flexibility index (Phi) is 5.19. The van der Waals surface area contributed by atoms with Crippen molar-refractivity contribution in [3.05, 3.63) is 71.0 Å². The van der Waals surface area contributed by atoms with E-state index in [0.29, 0.717) is 19.5 Å². The number of hydrogen-bond donors (Lipinski definition) is 1. The number of rotatable bonds is 5. The van der Waals surface area contributed by atoms with E-state index in [9.17, 15) is 12.8 Å². The third-order valence-corrected chi connectivity index (χ3v) is 7.43. The Bertz CT molecular complexity index is 879. The SMILES string of the molecule is CCNC(C)(C)S(=O)(=O)N1CCc2ccccc2[C@@H]1c1ccc(F)cc1. The summed E-state index contributed by atoms with van der Waals surface area (Å²) in [5.41, 5.74) is 2.87. The molecule has 3 rings (SSSR count). The zero-order chi connectivity index (χ0) is 18.9. The number of benzene rings is 2. The van der Waals surface area contributed by atoms with Gasteiger partial charge < -0.3 is 0 Å². The van der Waals surface area contributed by atoms with Crippen molar-refractivity contribution in [3.63, 3.8) is 0 Å². The molecule has 0 saturated heterocycles. The fourth-order valence-electron chi connectivity index (χ4n) is 3.60. The van der Waals surface area contributed by atoms with Gasteiger partial charge in [0.25, 0.3) is 0 Å². The third-order valence-electron chi connectivity index (χ3n) is 4.98. The largest absolute Gasteiger partial charge is 0.298 e. The third kappa shape index (κ3) is 3.29.